The summed E-state index contributed by atoms with van der Waals surface area (Å²) >= 11 is 1.52. The molecule has 0 aliphatic rings. The number of hydrogen-bond acceptors (Lipinski definition) is 5. The molecule has 0 aliphatic heterocycles. The fourth-order valence-corrected chi connectivity index (χ4v) is 2.33. The predicted octanol–water partition coefficient (Wildman–Crippen LogP) is 2.35. The Morgan fingerprint density at radius 2 is 2.31 bits per heavy atom. The van der Waals surface area contributed by atoms with Gasteiger partial charge in [-0.3, -0.25) is 4.79 Å². The zero-order valence-electron chi connectivity index (χ0n) is 9.86. The lowest BCUT2D eigenvalue weighted by atomic mass is 10.3. The van der Waals surface area contributed by atoms with Crippen molar-refractivity contribution in [3.63, 3.8) is 0 Å². The molecule has 4 nitrogen and oxygen atoms in total. The summed E-state index contributed by atoms with van der Waals surface area (Å²) in [6, 6.07) is 0. The third-order valence-corrected chi connectivity index (χ3v) is 3.12. The fourth-order valence-electron chi connectivity index (χ4n) is 1.35. The van der Waals surface area contributed by atoms with E-state index < -0.39 is 0 Å². The molecule has 1 aromatic rings. The molecule has 0 saturated carbocycles. The Balaban J connectivity index is 2.60. The van der Waals surface area contributed by atoms with Crippen molar-refractivity contribution >= 4 is 17.3 Å². The highest BCUT2D eigenvalue weighted by Gasteiger charge is 2.14. The number of hydrogen-bond donors (Lipinski definition) is 0. The molecular weight excluding hydrogens is 226 g/mol. The third-order valence-electron chi connectivity index (χ3n) is 2.13. The van der Waals surface area contributed by atoms with Crippen LogP contribution in [-0.2, 0) is 20.7 Å². The average Bonchev–Trinajstić information content (AvgIpc) is 2.68. The number of rotatable bonds is 6. The molecule has 0 spiro atoms. The second kappa shape index (κ2) is 6.60. The van der Waals surface area contributed by atoms with Gasteiger partial charge in [-0.15, -0.1) is 11.3 Å². The van der Waals surface area contributed by atoms with Gasteiger partial charge in [0, 0.05) is 12.5 Å². The maximum atomic E-state index is 11.2. The Labute approximate surface area is 99.6 Å². The van der Waals surface area contributed by atoms with Gasteiger partial charge in [-0.25, -0.2) is 4.98 Å². The molecular formula is C11H17NO3S. The third kappa shape index (κ3) is 3.57. The van der Waals surface area contributed by atoms with E-state index in [-0.39, 0.29) is 18.5 Å². The maximum absolute atomic E-state index is 11.2. The van der Waals surface area contributed by atoms with Crippen molar-refractivity contribution in [3.05, 3.63) is 16.1 Å². The van der Waals surface area contributed by atoms with Crippen molar-refractivity contribution in [1.29, 1.82) is 0 Å². The van der Waals surface area contributed by atoms with E-state index in [1.54, 1.807) is 14.0 Å². The van der Waals surface area contributed by atoms with Crippen molar-refractivity contribution in [2.75, 3.05) is 13.7 Å². The number of carbonyl (C=O) groups excluding carboxylic acids is 1. The van der Waals surface area contributed by atoms with E-state index in [4.69, 9.17) is 9.47 Å². The van der Waals surface area contributed by atoms with Crippen LogP contribution in [0.3, 0.4) is 0 Å². The van der Waals surface area contributed by atoms with Crippen LogP contribution in [-0.4, -0.2) is 24.7 Å². The van der Waals surface area contributed by atoms with E-state index >= 15 is 0 Å². The summed E-state index contributed by atoms with van der Waals surface area (Å²) in [7, 11) is 1.67. The van der Waals surface area contributed by atoms with Crippen LogP contribution < -0.4 is 0 Å². The Hall–Kier alpha value is -0.940. The molecule has 0 N–H and O–H groups in total. The standard InChI is InChI=1S/C11H17NO3S/c1-4-9(14-3)11-12-8(7-16-11)6-10(13)15-5-2/h7,9H,4-6H2,1-3H3. The van der Waals surface area contributed by atoms with Gasteiger partial charge in [-0.05, 0) is 13.3 Å². The van der Waals surface area contributed by atoms with Gasteiger partial charge in [-0.2, -0.15) is 0 Å². The summed E-state index contributed by atoms with van der Waals surface area (Å²) in [5.41, 5.74) is 0.758. The summed E-state index contributed by atoms with van der Waals surface area (Å²) in [6.45, 7) is 4.24. The molecule has 0 saturated heterocycles. The summed E-state index contributed by atoms with van der Waals surface area (Å²) in [4.78, 5) is 15.6. The van der Waals surface area contributed by atoms with Crippen LogP contribution in [0.4, 0.5) is 0 Å². The van der Waals surface area contributed by atoms with E-state index in [0.717, 1.165) is 17.1 Å². The zero-order chi connectivity index (χ0) is 12.0. The number of aromatic nitrogens is 1. The summed E-state index contributed by atoms with van der Waals surface area (Å²) in [6.07, 6.45) is 1.15. The van der Waals surface area contributed by atoms with Crippen LogP contribution in [0.15, 0.2) is 5.38 Å². The molecule has 1 unspecified atom stereocenters. The lowest BCUT2D eigenvalue weighted by Crippen LogP contribution is -2.08. The fraction of sp³-hybridized carbons (Fsp3) is 0.636. The lowest BCUT2D eigenvalue weighted by molar-refractivity contribution is -0.142. The number of thiazole rings is 1. The van der Waals surface area contributed by atoms with E-state index in [0.29, 0.717) is 6.61 Å². The molecule has 16 heavy (non-hydrogen) atoms. The first-order valence-electron chi connectivity index (χ1n) is 5.33. The van der Waals surface area contributed by atoms with Gasteiger partial charge in [0.2, 0.25) is 0 Å². The van der Waals surface area contributed by atoms with Gasteiger partial charge in [0.1, 0.15) is 11.1 Å². The van der Waals surface area contributed by atoms with Crippen LogP contribution in [0, 0.1) is 0 Å². The first-order valence-corrected chi connectivity index (χ1v) is 6.21. The highest BCUT2D eigenvalue weighted by molar-refractivity contribution is 7.09. The van der Waals surface area contributed by atoms with Gasteiger partial charge < -0.3 is 9.47 Å². The predicted molar refractivity (Wildman–Crippen MR) is 62.5 cm³/mol. The second-order valence-corrected chi connectivity index (χ2v) is 4.18. The van der Waals surface area contributed by atoms with E-state index in [1.165, 1.54) is 11.3 Å². The molecule has 0 aromatic carbocycles. The Morgan fingerprint density at radius 1 is 1.56 bits per heavy atom. The van der Waals surface area contributed by atoms with Gasteiger partial charge in [-0.1, -0.05) is 6.92 Å². The van der Waals surface area contributed by atoms with E-state index in [9.17, 15) is 4.79 Å². The smallest absolute Gasteiger partial charge is 0.311 e. The molecule has 0 aliphatic carbocycles. The zero-order valence-corrected chi connectivity index (χ0v) is 10.7. The maximum Gasteiger partial charge on any atom is 0.311 e. The number of methoxy groups -OCH3 is 1. The molecule has 90 valence electrons. The molecule has 0 radical (unpaired) electrons. The second-order valence-electron chi connectivity index (χ2n) is 3.29. The normalized spacial score (nSPS) is 12.4. The first kappa shape index (κ1) is 13.1. The van der Waals surface area contributed by atoms with E-state index in [2.05, 4.69) is 4.98 Å². The largest absolute Gasteiger partial charge is 0.466 e. The number of nitrogens with zero attached hydrogens (tertiary/aromatic N) is 1. The van der Waals surface area contributed by atoms with Crippen molar-refractivity contribution in [1.82, 2.24) is 4.98 Å². The number of carbonyl (C=O) groups is 1. The average molecular weight is 243 g/mol. The topological polar surface area (TPSA) is 48.4 Å². The van der Waals surface area contributed by atoms with Crippen LogP contribution in [0.2, 0.25) is 0 Å². The Morgan fingerprint density at radius 3 is 2.88 bits per heavy atom. The highest BCUT2D eigenvalue weighted by Crippen LogP contribution is 2.23. The first-order chi connectivity index (χ1) is 7.71. The van der Waals surface area contributed by atoms with Crippen LogP contribution in [0.25, 0.3) is 0 Å². The van der Waals surface area contributed by atoms with Crippen molar-refractivity contribution in [3.8, 4) is 0 Å². The van der Waals surface area contributed by atoms with Gasteiger partial charge in [0.25, 0.3) is 0 Å². The molecule has 1 heterocycles. The van der Waals surface area contributed by atoms with Crippen molar-refractivity contribution in [2.45, 2.75) is 32.8 Å². The van der Waals surface area contributed by atoms with Crippen molar-refractivity contribution < 1.29 is 14.3 Å². The molecule has 1 aromatic heterocycles. The van der Waals surface area contributed by atoms with Crippen LogP contribution in [0.5, 0.6) is 0 Å². The van der Waals surface area contributed by atoms with Crippen molar-refractivity contribution in [2.24, 2.45) is 0 Å². The molecule has 0 fully saturated rings. The van der Waals surface area contributed by atoms with E-state index in [1.807, 2.05) is 12.3 Å². The van der Waals surface area contributed by atoms with Crippen LogP contribution in [0.1, 0.15) is 37.1 Å². The van der Waals surface area contributed by atoms with Gasteiger partial charge >= 0.3 is 5.97 Å². The quantitative estimate of drug-likeness (QED) is 0.720. The monoisotopic (exact) mass is 243 g/mol. The lowest BCUT2D eigenvalue weighted by Gasteiger charge is -2.08. The summed E-state index contributed by atoms with van der Waals surface area (Å²) in [5, 5.41) is 2.80. The molecule has 1 atom stereocenters. The van der Waals surface area contributed by atoms with Gasteiger partial charge in [0.05, 0.1) is 18.7 Å². The Kier molecular flexibility index (Phi) is 5.42. The minimum Gasteiger partial charge on any atom is -0.466 e. The molecule has 0 bridgehead atoms. The number of esters is 1. The molecule has 0 amide bonds. The summed E-state index contributed by atoms with van der Waals surface area (Å²) in [5.74, 6) is -0.232. The minimum absolute atomic E-state index is 0.0287. The molecule has 1 rings (SSSR count). The summed E-state index contributed by atoms with van der Waals surface area (Å²) < 4.78 is 10.1. The number of ether oxygens (including phenoxy) is 2. The molecule has 5 heteroatoms. The Bertz CT molecular complexity index is 334. The highest BCUT2D eigenvalue weighted by atomic mass is 32.1. The SMILES string of the molecule is CCOC(=O)Cc1csc(C(CC)OC)n1. The van der Waals surface area contributed by atoms with Gasteiger partial charge in [0.15, 0.2) is 0 Å². The van der Waals surface area contributed by atoms with Crippen LogP contribution >= 0.6 is 11.3 Å². The minimum atomic E-state index is -0.232.